The highest BCUT2D eigenvalue weighted by molar-refractivity contribution is 5.94. The summed E-state index contributed by atoms with van der Waals surface area (Å²) in [6.07, 6.45) is -0.839. The third-order valence-electron chi connectivity index (χ3n) is 3.51. The minimum absolute atomic E-state index is 0.0130. The third kappa shape index (κ3) is 5.37. The van der Waals surface area contributed by atoms with Gasteiger partial charge in [0.2, 0.25) is 0 Å². The minimum Gasteiger partial charge on any atom is -0.508 e. The van der Waals surface area contributed by atoms with Gasteiger partial charge in [0.15, 0.2) is 23.6 Å². The molecule has 3 N–H and O–H groups in total. The lowest BCUT2D eigenvalue weighted by atomic mass is 10.2. The summed E-state index contributed by atoms with van der Waals surface area (Å²) in [6.45, 7) is 1.46. The highest BCUT2D eigenvalue weighted by Crippen LogP contribution is 2.17. The number of phenolic OH excluding ortho intramolecular Hbond substituents is 1. The Hall–Kier alpha value is -3.23. The van der Waals surface area contributed by atoms with Crippen LogP contribution in [-0.4, -0.2) is 36.1 Å². The molecule has 0 aliphatic rings. The van der Waals surface area contributed by atoms with E-state index >= 15 is 0 Å². The molecule has 0 bridgehead atoms. The van der Waals surface area contributed by atoms with Crippen LogP contribution >= 0.6 is 0 Å². The average molecular weight is 382 g/mol. The van der Waals surface area contributed by atoms with Crippen molar-refractivity contribution in [3.05, 3.63) is 59.4 Å². The highest BCUT2D eigenvalue weighted by atomic mass is 19.2. The molecular formula is C18H17F3N2O4. The number of rotatable bonds is 7. The van der Waals surface area contributed by atoms with E-state index < -0.39 is 40.9 Å². The van der Waals surface area contributed by atoms with Crippen LogP contribution in [0.15, 0.2) is 36.4 Å². The van der Waals surface area contributed by atoms with Crippen LogP contribution in [-0.2, 0) is 4.79 Å². The van der Waals surface area contributed by atoms with Gasteiger partial charge in [-0.3, -0.25) is 9.59 Å². The van der Waals surface area contributed by atoms with Crippen molar-refractivity contribution in [2.45, 2.75) is 13.0 Å². The van der Waals surface area contributed by atoms with Gasteiger partial charge in [0.05, 0.1) is 5.56 Å². The number of hydrogen-bond acceptors (Lipinski definition) is 4. The smallest absolute Gasteiger partial charge is 0.260 e. The van der Waals surface area contributed by atoms with Crippen LogP contribution in [0.4, 0.5) is 13.2 Å². The first kappa shape index (κ1) is 20.1. The summed E-state index contributed by atoms with van der Waals surface area (Å²) in [6, 6.07) is 7.29. The molecule has 0 saturated carbocycles. The first-order chi connectivity index (χ1) is 12.8. The molecule has 2 amide bonds. The second-order valence-electron chi connectivity index (χ2n) is 5.52. The molecule has 0 fully saturated rings. The van der Waals surface area contributed by atoms with Crippen LogP contribution in [0.1, 0.15) is 17.3 Å². The van der Waals surface area contributed by atoms with E-state index in [2.05, 4.69) is 10.6 Å². The van der Waals surface area contributed by atoms with E-state index in [9.17, 15) is 27.9 Å². The molecule has 2 aromatic carbocycles. The quantitative estimate of drug-likeness (QED) is 0.506. The molecule has 0 spiro atoms. The number of ether oxygens (including phenoxy) is 1. The summed E-state index contributed by atoms with van der Waals surface area (Å²) in [5, 5.41) is 14.0. The maximum absolute atomic E-state index is 13.5. The van der Waals surface area contributed by atoms with E-state index in [0.29, 0.717) is 11.8 Å². The standard InChI is InChI=1S/C18H17F3N2O4/c1-10(27-12-4-2-11(24)3-5-12)17(25)22-8-9-23-18(26)13-6-7-14(19)16(21)15(13)20/h2-7,10,24H,8-9H2,1H3,(H,22,25)(H,23,26). The molecule has 0 heterocycles. The molecule has 0 aliphatic heterocycles. The molecule has 9 heteroatoms. The molecular weight excluding hydrogens is 365 g/mol. The van der Waals surface area contributed by atoms with Crippen molar-refractivity contribution in [1.82, 2.24) is 10.6 Å². The monoisotopic (exact) mass is 382 g/mol. The Morgan fingerprint density at radius 3 is 2.30 bits per heavy atom. The number of carbonyl (C=O) groups excluding carboxylic acids is 2. The van der Waals surface area contributed by atoms with Crippen molar-refractivity contribution in [3.8, 4) is 11.5 Å². The van der Waals surface area contributed by atoms with Crippen molar-refractivity contribution in [1.29, 1.82) is 0 Å². The molecule has 2 aromatic rings. The van der Waals surface area contributed by atoms with Gasteiger partial charge < -0.3 is 20.5 Å². The van der Waals surface area contributed by atoms with Gasteiger partial charge in [-0.05, 0) is 43.3 Å². The lowest BCUT2D eigenvalue weighted by Crippen LogP contribution is -2.40. The Labute approximate surface area is 153 Å². The van der Waals surface area contributed by atoms with Crippen LogP contribution in [0.5, 0.6) is 11.5 Å². The molecule has 0 aliphatic carbocycles. The molecule has 1 unspecified atom stereocenters. The van der Waals surface area contributed by atoms with Crippen molar-refractivity contribution >= 4 is 11.8 Å². The number of phenols is 1. The zero-order valence-corrected chi connectivity index (χ0v) is 14.3. The molecule has 2 rings (SSSR count). The fourth-order valence-corrected chi connectivity index (χ4v) is 2.08. The first-order valence-corrected chi connectivity index (χ1v) is 7.94. The second kappa shape index (κ2) is 8.93. The SMILES string of the molecule is CC(Oc1ccc(O)cc1)C(=O)NCCNC(=O)c1ccc(F)c(F)c1F. The lowest BCUT2D eigenvalue weighted by Gasteiger charge is -2.15. The summed E-state index contributed by atoms with van der Waals surface area (Å²) in [5.41, 5.74) is -0.635. The zero-order chi connectivity index (χ0) is 20.0. The third-order valence-corrected chi connectivity index (χ3v) is 3.51. The van der Waals surface area contributed by atoms with E-state index in [1.807, 2.05) is 0 Å². The molecule has 144 valence electrons. The summed E-state index contributed by atoms with van der Waals surface area (Å²) in [4.78, 5) is 23.7. The Balaban J connectivity index is 1.77. The van der Waals surface area contributed by atoms with Crippen LogP contribution < -0.4 is 15.4 Å². The molecule has 0 radical (unpaired) electrons. The Morgan fingerprint density at radius 2 is 1.63 bits per heavy atom. The summed E-state index contributed by atoms with van der Waals surface area (Å²) < 4.78 is 44.9. The van der Waals surface area contributed by atoms with Crippen LogP contribution in [0.25, 0.3) is 0 Å². The van der Waals surface area contributed by atoms with Crippen molar-refractivity contribution in [2.75, 3.05) is 13.1 Å². The van der Waals surface area contributed by atoms with Gasteiger partial charge in [-0.1, -0.05) is 0 Å². The van der Waals surface area contributed by atoms with Crippen LogP contribution in [0, 0.1) is 17.5 Å². The summed E-state index contributed by atoms with van der Waals surface area (Å²) >= 11 is 0. The fraction of sp³-hybridized carbons (Fsp3) is 0.222. The van der Waals surface area contributed by atoms with Gasteiger partial charge in [0.25, 0.3) is 11.8 Å². The van der Waals surface area contributed by atoms with Gasteiger partial charge in [-0.15, -0.1) is 0 Å². The van der Waals surface area contributed by atoms with Gasteiger partial charge in [-0.25, -0.2) is 13.2 Å². The average Bonchev–Trinajstić information content (AvgIpc) is 2.64. The highest BCUT2D eigenvalue weighted by Gasteiger charge is 2.19. The van der Waals surface area contributed by atoms with Crippen LogP contribution in [0.3, 0.4) is 0 Å². The number of amides is 2. The Morgan fingerprint density at radius 1 is 1.00 bits per heavy atom. The predicted molar refractivity (Wildman–Crippen MR) is 89.9 cm³/mol. The fourth-order valence-electron chi connectivity index (χ4n) is 2.08. The maximum Gasteiger partial charge on any atom is 0.260 e. The molecule has 0 saturated heterocycles. The maximum atomic E-state index is 13.5. The largest absolute Gasteiger partial charge is 0.508 e. The Kier molecular flexibility index (Phi) is 6.64. The first-order valence-electron chi connectivity index (χ1n) is 7.94. The van der Waals surface area contributed by atoms with E-state index in [-0.39, 0.29) is 18.8 Å². The molecule has 0 aromatic heterocycles. The number of carbonyl (C=O) groups is 2. The molecule has 27 heavy (non-hydrogen) atoms. The topological polar surface area (TPSA) is 87.7 Å². The van der Waals surface area contributed by atoms with Crippen molar-refractivity contribution in [3.63, 3.8) is 0 Å². The normalized spacial score (nSPS) is 11.6. The second-order valence-corrected chi connectivity index (χ2v) is 5.52. The number of hydrogen-bond donors (Lipinski definition) is 3. The predicted octanol–water partition coefficient (Wildman–Crippen LogP) is 2.12. The zero-order valence-electron chi connectivity index (χ0n) is 14.3. The lowest BCUT2D eigenvalue weighted by molar-refractivity contribution is -0.127. The van der Waals surface area contributed by atoms with Gasteiger partial charge >= 0.3 is 0 Å². The van der Waals surface area contributed by atoms with E-state index in [4.69, 9.17) is 4.74 Å². The number of aromatic hydroxyl groups is 1. The van der Waals surface area contributed by atoms with Crippen molar-refractivity contribution in [2.24, 2.45) is 0 Å². The summed E-state index contributed by atoms with van der Waals surface area (Å²) in [7, 11) is 0. The molecule has 6 nitrogen and oxygen atoms in total. The number of halogens is 3. The van der Waals surface area contributed by atoms with Gasteiger partial charge in [0.1, 0.15) is 11.5 Å². The minimum atomic E-state index is -1.73. The van der Waals surface area contributed by atoms with Gasteiger partial charge in [-0.2, -0.15) is 0 Å². The van der Waals surface area contributed by atoms with E-state index in [1.54, 1.807) is 0 Å². The summed E-state index contributed by atoms with van der Waals surface area (Å²) in [5.74, 6) is -5.64. The van der Waals surface area contributed by atoms with Crippen molar-refractivity contribution < 1.29 is 32.6 Å². The van der Waals surface area contributed by atoms with E-state index in [0.717, 1.165) is 6.07 Å². The van der Waals surface area contributed by atoms with Gasteiger partial charge in [0, 0.05) is 13.1 Å². The Bertz CT molecular complexity index is 828. The molecule has 1 atom stereocenters. The van der Waals surface area contributed by atoms with E-state index in [1.165, 1.54) is 31.2 Å². The number of nitrogens with one attached hydrogen (secondary N) is 2. The van der Waals surface area contributed by atoms with Crippen LogP contribution in [0.2, 0.25) is 0 Å². The number of benzene rings is 2.